The zero-order valence-corrected chi connectivity index (χ0v) is 33.2. The van der Waals surface area contributed by atoms with E-state index in [4.69, 9.17) is 11.1 Å². The third-order valence-corrected chi connectivity index (χ3v) is 12.7. The fourth-order valence-electron chi connectivity index (χ4n) is 8.07. The van der Waals surface area contributed by atoms with Crippen LogP contribution >= 0.6 is 0 Å². The molecule has 2 aliphatic carbocycles. The van der Waals surface area contributed by atoms with E-state index in [1.54, 1.807) is 72.8 Å². The maximum absolute atomic E-state index is 14.6. The quantitative estimate of drug-likeness (QED) is 0.122. The van der Waals surface area contributed by atoms with Crippen LogP contribution < -0.4 is 36.4 Å². The molecular weight excluding hydrogens is 761 g/mol. The Kier molecular flexibility index (Phi) is 12.5. The van der Waals surface area contributed by atoms with Crippen LogP contribution in [-0.2, 0) is 42.4 Å². The molecule has 3 atom stereocenters. The number of nitrogen functional groups attached to an aromatic ring is 1. The predicted molar refractivity (Wildman–Crippen MR) is 220 cm³/mol. The lowest BCUT2D eigenvalue weighted by molar-refractivity contribution is -0.130. The molecule has 58 heavy (non-hydrogen) atoms. The van der Waals surface area contributed by atoms with Gasteiger partial charge in [0.1, 0.15) is 17.4 Å². The number of amidine groups is 1. The van der Waals surface area contributed by atoms with Crippen molar-refractivity contribution >= 4 is 51.0 Å². The van der Waals surface area contributed by atoms with Gasteiger partial charge in [0, 0.05) is 68.0 Å². The summed E-state index contributed by atoms with van der Waals surface area (Å²) in [5, 5.41) is 19.3. The number of nitrogens with zero attached hydrogens (tertiary/aromatic N) is 2. The number of benzene rings is 3. The molecule has 1 saturated heterocycles. The highest BCUT2D eigenvalue weighted by molar-refractivity contribution is 7.87. The van der Waals surface area contributed by atoms with Crippen LogP contribution in [0, 0.1) is 5.41 Å². The summed E-state index contributed by atoms with van der Waals surface area (Å²) in [7, 11) is -4.17. The number of piperazine rings is 1. The first-order valence-electron chi connectivity index (χ1n) is 19.9. The van der Waals surface area contributed by atoms with E-state index < -0.39 is 39.5 Å². The van der Waals surface area contributed by atoms with E-state index in [0.717, 1.165) is 24.8 Å². The topological polar surface area (TPSA) is 231 Å². The van der Waals surface area contributed by atoms with Crippen LogP contribution in [0.2, 0.25) is 0 Å². The van der Waals surface area contributed by atoms with E-state index in [9.17, 15) is 27.6 Å². The highest BCUT2D eigenvalue weighted by Gasteiger charge is 2.63. The molecule has 11 rings (SSSR count). The third-order valence-electron chi connectivity index (χ3n) is 11.4. The molecule has 0 spiro atoms. The Labute approximate surface area is 338 Å². The second-order valence-electron chi connectivity index (χ2n) is 15.8. The Bertz CT molecular complexity index is 2100. The number of hydrogen-bond acceptors (Lipinski definition) is 9. The summed E-state index contributed by atoms with van der Waals surface area (Å²) in [5.41, 5.74) is 7.83. The van der Waals surface area contributed by atoms with Crippen LogP contribution in [0.4, 0.5) is 11.4 Å². The van der Waals surface area contributed by atoms with Crippen molar-refractivity contribution in [1.82, 2.24) is 29.9 Å². The molecule has 4 amide bonds. The van der Waals surface area contributed by atoms with Crippen molar-refractivity contribution in [3.05, 3.63) is 95.1 Å². The van der Waals surface area contributed by atoms with Gasteiger partial charge in [0.05, 0.1) is 13.1 Å². The van der Waals surface area contributed by atoms with Crippen LogP contribution in [0.15, 0.2) is 72.8 Å². The number of nitrogens with one attached hydrogen (secondary N) is 7. The number of nitrogens with two attached hydrogens (primary N) is 1. The molecule has 0 radical (unpaired) electrons. The lowest BCUT2D eigenvalue weighted by Crippen LogP contribution is -2.58. The molecule has 3 aromatic rings. The van der Waals surface area contributed by atoms with Gasteiger partial charge in [0.2, 0.25) is 23.6 Å². The first-order chi connectivity index (χ1) is 27.8. The van der Waals surface area contributed by atoms with Crippen molar-refractivity contribution in [2.75, 3.05) is 49.9 Å². The smallest absolute Gasteiger partial charge is 0.278 e. The summed E-state index contributed by atoms with van der Waals surface area (Å²) in [6, 6.07) is 19.6. The van der Waals surface area contributed by atoms with Crippen molar-refractivity contribution in [1.29, 1.82) is 5.41 Å². The molecular formula is C41H52N10O6S. The molecule has 0 aromatic heterocycles. The monoisotopic (exact) mass is 812 g/mol. The van der Waals surface area contributed by atoms with Crippen LogP contribution in [-0.4, -0.2) is 105 Å². The van der Waals surface area contributed by atoms with Crippen molar-refractivity contribution in [3.8, 4) is 0 Å². The van der Waals surface area contributed by atoms with E-state index in [1.807, 2.05) is 9.80 Å². The molecule has 2 unspecified atom stereocenters. The van der Waals surface area contributed by atoms with Gasteiger partial charge < -0.3 is 27.0 Å². The lowest BCUT2D eigenvalue weighted by Gasteiger charge is -2.33. The molecule has 8 aliphatic rings. The average molecular weight is 813 g/mol. The van der Waals surface area contributed by atoms with Gasteiger partial charge in [0.15, 0.2) is 0 Å². The number of carbonyl (C=O) groups is 4. The van der Waals surface area contributed by atoms with E-state index in [0.29, 0.717) is 67.1 Å². The van der Waals surface area contributed by atoms with E-state index in [1.165, 1.54) is 0 Å². The standard InChI is InChI=1S/C41H52N10O6S/c42-38(43)30-10-6-28(7-11-30)24-44-39(54)35-22-27-8-14-31(15-9-27)45-36(52)25-50-18-20-51(21-19-50)26-37(53)46-32-16-12-29(13-17-32)34-23-41(34,40(55)47-35)49-58(56,57)48-33-4-2-1-3-5-33/h6-17,33-35,48-49H,1-5,18-26H2,(H3,42,43)(H,44,54)(H,45,52)(H,46,53)(H,47,55)/t34?,35-,41?/m0/s1. The van der Waals surface area contributed by atoms with Gasteiger partial charge in [-0.15, -0.1) is 0 Å². The normalized spacial score (nSPS) is 25.8. The molecule has 17 heteroatoms. The van der Waals surface area contributed by atoms with Gasteiger partial charge in [-0.1, -0.05) is 67.8 Å². The molecule has 6 heterocycles. The Morgan fingerprint density at radius 2 is 1.38 bits per heavy atom. The van der Waals surface area contributed by atoms with Gasteiger partial charge in [-0.2, -0.15) is 17.9 Å². The molecule has 9 N–H and O–H groups in total. The van der Waals surface area contributed by atoms with E-state index in [-0.39, 0.29) is 56.2 Å². The third kappa shape index (κ3) is 10.5. The maximum Gasteiger partial charge on any atom is 0.278 e. The number of rotatable bonds is 8. The summed E-state index contributed by atoms with van der Waals surface area (Å²) >= 11 is 0. The van der Waals surface area contributed by atoms with Crippen LogP contribution in [0.25, 0.3) is 0 Å². The largest absolute Gasteiger partial charge is 0.384 e. The number of anilines is 2. The Balaban J connectivity index is 1.17. The van der Waals surface area contributed by atoms with Crippen LogP contribution in [0.1, 0.15) is 66.7 Å². The van der Waals surface area contributed by atoms with Gasteiger partial charge in [-0.25, -0.2) is 0 Å². The van der Waals surface area contributed by atoms with Gasteiger partial charge >= 0.3 is 0 Å². The number of hydrogen-bond donors (Lipinski definition) is 8. The van der Waals surface area contributed by atoms with Crippen molar-refractivity contribution in [3.63, 3.8) is 0 Å². The summed E-state index contributed by atoms with van der Waals surface area (Å²) in [4.78, 5) is 58.6. The Morgan fingerprint density at radius 3 is 1.95 bits per heavy atom. The van der Waals surface area contributed by atoms with Crippen molar-refractivity contribution in [2.45, 2.75) is 75.0 Å². The fourth-order valence-corrected chi connectivity index (χ4v) is 9.60. The van der Waals surface area contributed by atoms with E-state index >= 15 is 0 Å². The van der Waals surface area contributed by atoms with Crippen molar-refractivity contribution in [2.24, 2.45) is 5.73 Å². The minimum atomic E-state index is -4.17. The highest BCUT2D eigenvalue weighted by atomic mass is 32.2. The maximum atomic E-state index is 14.6. The van der Waals surface area contributed by atoms with Gasteiger partial charge in [-0.3, -0.25) is 34.4 Å². The van der Waals surface area contributed by atoms with Gasteiger partial charge in [-0.05, 0) is 60.2 Å². The molecule has 16 nitrogen and oxygen atoms in total. The first-order valence-corrected chi connectivity index (χ1v) is 21.4. The number of amides is 4. The summed E-state index contributed by atoms with van der Waals surface area (Å²) in [6.07, 6.45) is 4.48. The van der Waals surface area contributed by atoms with Crippen LogP contribution in [0.5, 0.6) is 0 Å². The first kappa shape index (κ1) is 41.0. The van der Waals surface area contributed by atoms with Crippen molar-refractivity contribution < 1.29 is 27.6 Å². The zero-order valence-electron chi connectivity index (χ0n) is 32.4. The molecule has 2 saturated carbocycles. The second kappa shape index (κ2) is 17.7. The number of carbonyl (C=O) groups excluding carboxylic acids is 4. The molecule has 308 valence electrons. The minimum absolute atomic E-state index is 0.0710. The average Bonchev–Trinajstić information content (AvgIpc) is 3.92. The predicted octanol–water partition coefficient (Wildman–Crippen LogP) is 1.51. The lowest BCUT2D eigenvalue weighted by atomic mass is 9.96. The minimum Gasteiger partial charge on any atom is -0.384 e. The second-order valence-corrected chi connectivity index (χ2v) is 17.3. The SMILES string of the molecule is N=C(N)c1ccc(CNC(=O)[C@@H]2Cc3ccc(cc3)NC(=O)CN3CCN(CC3)CC(=O)Nc3ccc(cc3)C3CC3(NS(=O)(=O)NC3CCCCC3)C(=O)N2)cc1. The molecule has 3 fully saturated rings. The highest BCUT2D eigenvalue weighted by Crippen LogP contribution is 2.52. The van der Waals surface area contributed by atoms with Crippen LogP contribution in [0.3, 0.4) is 0 Å². The number of fused-ring (bicyclic) bond motifs is 1. The fraction of sp³-hybridized carbons (Fsp3) is 0.439. The summed E-state index contributed by atoms with van der Waals surface area (Å²) in [5.74, 6) is -2.13. The van der Waals surface area contributed by atoms with Gasteiger partial charge in [0.25, 0.3) is 10.2 Å². The van der Waals surface area contributed by atoms with E-state index in [2.05, 4.69) is 30.7 Å². The molecule has 3 aromatic carbocycles. The Morgan fingerprint density at radius 1 is 0.810 bits per heavy atom. The molecule has 6 bridgehead atoms. The Hall–Kier alpha value is -5.20. The zero-order chi connectivity index (χ0) is 40.9. The summed E-state index contributed by atoms with van der Waals surface area (Å²) in [6.45, 7) is 3.04. The molecule has 6 aliphatic heterocycles. The summed E-state index contributed by atoms with van der Waals surface area (Å²) < 4.78 is 32.9.